The number of benzene rings is 1. The van der Waals surface area contributed by atoms with Crippen LogP contribution in [0.25, 0.3) is 0 Å². The van der Waals surface area contributed by atoms with Crippen LogP contribution in [0.3, 0.4) is 0 Å². The van der Waals surface area contributed by atoms with E-state index in [1.807, 2.05) is 32.0 Å². The smallest absolute Gasteiger partial charge is 0.307 e. The summed E-state index contributed by atoms with van der Waals surface area (Å²) in [5.74, 6) is -1.20. The average molecular weight is 246 g/mol. The Morgan fingerprint density at radius 2 is 2.00 bits per heavy atom. The molecule has 0 aromatic heterocycles. The van der Waals surface area contributed by atoms with Gasteiger partial charge in [0.1, 0.15) is 5.78 Å². The number of hydrogen-bond acceptors (Lipinski definition) is 2. The van der Waals surface area contributed by atoms with Crippen LogP contribution in [-0.4, -0.2) is 16.9 Å². The largest absolute Gasteiger partial charge is 0.481 e. The molecule has 2 atom stereocenters. The second kappa shape index (κ2) is 4.92. The fraction of sp³-hybridized carbons (Fsp3) is 0.467. The highest BCUT2D eigenvalue weighted by Gasteiger charge is 2.35. The van der Waals surface area contributed by atoms with E-state index in [0.717, 1.165) is 11.1 Å². The van der Waals surface area contributed by atoms with Crippen molar-refractivity contribution in [3.05, 3.63) is 34.9 Å². The predicted molar refractivity (Wildman–Crippen MR) is 68.6 cm³/mol. The lowest BCUT2D eigenvalue weighted by atomic mass is 9.74. The lowest BCUT2D eigenvalue weighted by Gasteiger charge is -2.28. The number of Topliss-reactive ketones (excluding diaryl/α,β-unsaturated/α-hetero) is 1. The minimum Gasteiger partial charge on any atom is -0.481 e. The van der Waals surface area contributed by atoms with Crippen molar-refractivity contribution in [1.82, 2.24) is 0 Å². The Hall–Kier alpha value is -1.64. The summed E-state index contributed by atoms with van der Waals surface area (Å²) in [5, 5.41) is 9.27. The maximum Gasteiger partial charge on any atom is 0.307 e. The first-order valence-electron chi connectivity index (χ1n) is 6.30. The van der Waals surface area contributed by atoms with E-state index < -0.39 is 11.9 Å². The van der Waals surface area contributed by atoms with Gasteiger partial charge in [0.05, 0.1) is 5.92 Å². The van der Waals surface area contributed by atoms with Crippen LogP contribution in [0.2, 0.25) is 0 Å². The zero-order valence-electron chi connectivity index (χ0n) is 10.8. The monoisotopic (exact) mass is 246 g/mol. The van der Waals surface area contributed by atoms with Gasteiger partial charge in [-0.3, -0.25) is 9.59 Å². The molecule has 1 aromatic rings. The van der Waals surface area contributed by atoms with Crippen molar-refractivity contribution in [2.75, 3.05) is 0 Å². The molecule has 1 saturated carbocycles. The van der Waals surface area contributed by atoms with E-state index >= 15 is 0 Å². The third-order valence-corrected chi connectivity index (χ3v) is 3.94. The van der Waals surface area contributed by atoms with Crippen LogP contribution in [-0.2, 0) is 9.59 Å². The molecule has 0 saturated heterocycles. The number of aliphatic carboxylic acids is 1. The molecule has 0 amide bonds. The van der Waals surface area contributed by atoms with Gasteiger partial charge in [-0.15, -0.1) is 0 Å². The van der Waals surface area contributed by atoms with Gasteiger partial charge in [0.2, 0.25) is 0 Å². The summed E-state index contributed by atoms with van der Waals surface area (Å²) in [6, 6.07) is 5.98. The Morgan fingerprint density at radius 1 is 1.28 bits per heavy atom. The van der Waals surface area contributed by atoms with Crippen molar-refractivity contribution in [2.45, 2.75) is 39.0 Å². The number of carbonyl (C=O) groups is 2. The fourth-order valence-electron chi connectivity index (χ4n) is 2.65. The number of rotatable bonds is 2. The topological polar surface area (TPSA) is 54.4 Å². The molecule has 0 spiro atoms. The third-order valence-electron chi connectivity index (χ3n) is 3.94. The molecular formula is C15H18O3. The summed E-state index contributed by atoms with van der Waals surface area (Å²) in [4.78, 5) is 22.9. The van der Waals surface area contributed by atoms with Gasteiger partial charge in [-0.2, -0.15) is 0 Å². The molecule has 0 radical (unpaired) electrons. The average Bonchev–Trinajstić information content (AvgIpc) is 2.32. The summed E-state index contributed by atoms with van der Waals surface area (Å²) in [7, 11) is 0. The van der Waals surface area contributed by atoms with Gasteiger partial charge in [0.15, 0.2) is 0 Å². The number of aryl methyl sites for hydroxylation is 2. The van der Waals surface area contributed by atoms with Crippen LogP contribution in [0.5, 0.6) is 0 Å². The van der Waals surface area contributed by atoms with Gasteiger partial charge in [-0.1, -0.05) is 18.2 Å². The molecule has 0 heterocycles. The third kappa shape index (κ3) is 2.45. The molecule has 1 aliphatic carbocycles. The summed E-state index contributed by atoms with van der Waals surface area (Å²) in [6.45, 7) is 4.04. The molecule has 1 aromatic carbocycles. The second-order valence-corrected chi connectivity index (χ2v) is 5.18. The highest BCUT2D eigenvalue weighted by Crippen LogP contribution is 2.37. The first-order valence-corrected chi connectivity index (χ1v) is 6.30. The standard InChI is InChI=1S/C15H18O3/c1-9-3-4-11(7-10(9)2)14-8-12(16)5-6-13(14)15(17)18/h3-4,7,13-14H,5-6,8H2,1-2H3,(H,17,18). The predicted octanol–water partition coefficient (Wildman–Crippen LogP) is 2.84. The van der Waals surface area contributed by atoms with E-state index in [0.29, 0.717) is 19.3 Å². The van der Waals surface area contributed by atoms with Crippen LogP contribution in [0.1, 0.15) is 41.9 Å². The van der Waals surface area contributed by atoms with Crippen molar-refractivity contribution in [3.63, 3.8) is 0 Å². The van der Waals surface area contributed by atoms with Gasteiger partial charge in [0, 0.05) is 18.8 Å². The quantitative estimate of drug-likeness (QED) is 0.873. The minimum absolute atomic E-state index is 0.164. The van der Waals surface area contributed by atoms with E-state index in [-0.39, 0.29) is 11.7 Å². The fourth-order valence-corrected chi connectivity index (χ4v) is 2.65. The molecule has 3 nitrogen and oxygen atoms in total. The molecule has 1 fully saturated rings. The molecule has 3 heteroatoms. The number of ketones is 1. The maximum absolute atomic E-state index is 11.6. The van der Waals surface area contributed by atoms with Crippen molar-refractivity contribution in [2.24, 2.45) is 5.92 Å². The lowest BCUT2D eigenvalue weighted by Crippen LogP contribution is -2.29. The zero-order valence-corrected chi connectivity index (χ0v) is 10.8. The van der Waals surface area contributed by atoms with Gasteiger partial charge >= 0.3 is 5.97 Å². The highest BCUT2D eigenvalue weighted by molar-refractivity contribution is 5.83. The van der Waals surface area contributed by atoms with Gasteiger partial charge < -0.3 is 5.11 Å². The van der Waals surface area contributed by atoms with Crippen molar-refractivity contribution < 1.29 is 14.7 Å². The molecule has 1 N–H and O–H groups in total. The van der Waals surface area contributed by atoms with E-state index in [4.69, 9.17) is 0 Å². The highest BCUT2D eigenvalue weighted by atomic mass is 16.4. The maximum atomic E-state index is 11.6. The number of carbonyl (C=O) groups excluding carboxylic acids is 1. The summed E-state index contributed by atoms with van der Waals surface area (Å²) in [6.07, 6.45) is 1.23. The van der Waals surface area contributed by atoms with Crippen LogP contribution < -0.4 is 0 Å². The van der Waals surface area contributed by atoms with Crippen LogP contribution in [0.15, 0.2) is 18.2 Å². The van der Waals surface area contributed by atoms with Crippen LogP contribution in [0, 0.1) is 19.8 Å². The lowest BCUT2D eigenvalue weighted by molar-refractivity contribution is -0.144. The Morgan fingerprint density at radius 3 is 2.61 bits per heavy atom. The first-order chi connectivity index (χ1) is 8.49. The Bertz CT molecular complexity index is 491. The second-order valence-electron chi connectivity index (χ2n) is 5.18. The van der Waals surface area contributed by atoms with Gasteiger partial charge in [-0.05, 0) is 37.0 Å². The molecular weight excluding hydrogens is 228 g/mol. The van der Waals surface area contributed by atoms with E-state index in [1.165, 1.54) is 5.56 Å². The first kappa shape index (κ1) is 12.8. The zero-order chi connectivity index (χ0) is 13.3. The Labute approximate surface area is 107 Å². The normalized spacial score (nSPS) is 24.0. The Kier molecular flexibility index (Phi) is 3.50. The molecule has 2 rings (SSSR count). The minimum atomic E-state index is -0.786. The number of carboxylic acid groups (broad SMARTS) is 1. The van der Waals surface area contributed by atoms with E-state index in [9.17, 15) is 14.7 Å². The molecule has 18 heavy (non-hydrogen) atoms. The number of carboxylic acids is 1. The number of hydrogen-bond donors (Lipinski definition) is 1. The molecule has 2 unspecified atom stereocenters. The summed E-state index contributed by atoms with van der Waals surface area (Å²) >= 11 is 0. The summed E-state index contributed by atoms with van der Waals surface area (Å²) < 4.78 is 0. The van der Waals surface area contributed by atoms with Crippen LogP contribution >= 0.6 is 0 Å². The van der Waals surface area contributed by atoms with Crippen molar-refractivity contribution in [3.8, 4) is 0 Å². The molecule has 1 aliphatic rings. The van der Waals surface area contributed by atoms with Gasteiger partial charge in [0.25, 0.3) is 0 Å². The van der Waals surface area contributed by atoms with Crippen molar-refractivity contribution >= 4 is 11.8 Å². The summed E-state index contributed by atoms with van der Waals surface area (Å²) in [5.41, 5.74) is 3.32. The Balaban J connectivity index is 2.34. The molecule has 0 bridgehead atoms. The van der Waals surface area contributed by atoms with E-state index in [1.54, 1.807) is 0 Å². The van der Waals surface area contributed by atoms with E-state index in [2.05, 4.69) is 0 Å². The van der Waals surface area contributed by atoms with Gasteiger partial charge in [-0.25, -0.2) is 0 Å². The SMILES string of the molecule is Cc1ccc(C2CC(=O)CCC2C(=O)O)cc1C. The molecule has 96 valence electrons. The van der Waals surface area contributed by atoms with Crippen LogP contribution in [0.4, 0.5) is 0 Å². The molecule has 0 aliphatic heterocycles. The van der Waals surface area contributed by atoms with Crippen molar-refractivity contribution in [1.29, 1.82) is 0 Å².